The molecule has 0 amide bonds. The minimum Gasteiger partial charge on any atom is -0.223 e. The van der Waals surface area contributed by atoms with Gasteiger partial charge < -0.3 is 0 Å². The molecule has 0 atom stereocenters. The van der Waals surface area contributed by atoms with Crippen LogP contribution in [-0.4, -0.2) is 14.5 Å². The van der Waals surface area contributed by atoms with E-state index in [2.05, 4.69) is 21.4 Å². The lowest BCUT2D eigenvalue weighted by molar-refractivity contribution is -0.753. The summed E-state index contributed by atoms with van der Waals surface area (Å²) in [5, 5.41) is 5.20. The summed E-state index contributed by atoms with van der Waals surface area (Å²) in [4.78, 5) is 4.12. The van der Waals surface area contributed by atoms with E-state index in [1.807, 2.05) is 23.1 Å². The highest BCUT2D eigenvalue weighted by Crippen LogP contribution is 2.16. The average molecular weight is 207 g/mol. The van der Waals surface area contributed by atoms with Crippen LogP contribution in [0.25, 0.3) is 10.6 Å². The Hall–Kier alpha value is -1.36. The van der Waals surface area contributed by atoms with Crippen LogP contribution >= 0.6 is 11.5 Å². The Morgan fingerprint density at radius 2 is 2.43 bits per heavy atom. The zero-order valence-corrected chi connectivity index (χ0v) is 8.74. The minimum absolute atomic E-state index is 0.918. The third-order valence-corrected chi connectivity index (χ3v) is 2.55. The maximum absolute atomic E-state index is 4.28. The Labute approximate surface area is 86.4 Å². The van der Waals surface area contributed by atoms with Crippen LogP contribution in [0.2, 0.25) is 0 Å². The van der Waals surface area contributed by atoms with E-state index in [-0.39, 0.29) is 0 Å². The SMILES string of the molecule is CCC[n+]1ccc(-c2ncns2)cn1. The van der Waals surface area contributed by atoms with Crippen molar-refractivity contribution in [2.24, 2.45) is 0 Å². The molecule has 0 aromatic carbocycles. The Kier molecular flexibility index (Phi) is 2.78. The van der Waals surface area contributed by atoms with Gasteiger partial charge in [-0.05, 0) is 16.6 Å². The molecule has 2 rings (SSSR count). The second-order valence-electron chi connectivity index (χ2n) is 2.93. The van der Waals surface area contributed by atoms with Gasteiger partial charge in [-0.3, -0.25) is 0 Å². The summed E-state index contributed by atoms with van der Waals surface area (Å²) in [7, 11) is 0. The van der Waals surface area contributed by atoms with Crippen LogP contribution in [0.3, 0.4) is 0 Å². The summed E-state index contributed by atoms with van der Waals surface area (Å²) in [6.45, 7) is 3.09. The highest BCUT2D eigenvalue weighted by molar-refractivity contribution is 7.09. The molecule has 5 heteroatoms. The predicted molar refractivity (Wildman–Crippen MR) is 53.6 cm³/mol. The monoisotopic (exact) mass is 207 g/mol. The van der Waals surface area contributed by atoms with Gasteiger partial charge in [0.05, 0.1) is 0 Å². The molecule has 0 aliphatic carbocycles. The number of nitrogens with zero attached hydrogens (tertiary/aromatic N) is 4. The minimum atomic E-state index is 0.918. The molecule has 0 N–H and O–H groups in total. The Balaban J connectivity index is 2.22. The molecule has 0 bridgehead atoms. The number of hydrogen-bond acceptors (Lipinski definition) is 4. The molecule has 0 aliphatic heterocycles. The van der Waals surface area contributed by atoms with Gasteiger partial charge in [0.2, 0.25) is 0 Å². The molecule has 0 fully saturated rings. The summed E-state index contributed by atoms with van der Waals surface area (Å²) in [5.41, 5.74) is 1.03. The molecule has 2 aromatic rings. The van der Waals surface area contributed by atoms with Crippen molar-refractivity contribution in [3.05, 3.63) is 24.8 Å². The van der Waals surface area contributed by atoms with Crippen molar-refractivity contribution in [2.75, 3.05) is 0 Å². The van der Waals surface area contributed by atoms with E-state index in [1.165, 1.54) is 11.5 Å². The highest BCUT2D eigenvalue weighted by atomic mass is 32.1. The van der Waals surface area contributed by atoms with Crippen LogP contribution in [0.1, 0.15) is 13.3 Å². The van der Waals surface area contributed by atoms with Gasteiger partial charge in [-0.1, -0.05) is 11.6 Å². The molecule has 72 valence electrons. The highest BCUT2D eigenvalue weighted by Gasteiger charge is 2.05. The number of aryl methyl sites for hydroxylation is 1. The second-order valence-corrected chi connectivity index (χ2v) is 3.71. The van der Waals surface area contributed by atoms with Gasteiger partial charge in [0.25, 0.3) is 0 Å². The lowest BCUT2D eigenvalue weighted by Gasteiger charge is -1.92. The zero-order chi connectivity index (χ0) is 9.80. The molecule has 0 saturated carbocycles. The normalized spacial score (nSPS) is 10.4. The quantitative estimate of drug-likeness (QED) is 0.712. The third kappa shape index (κ3) is 1.93. The third-order valence-electron chi connectivity index (χ3n) is 1.83. The number of rotatable bonds is 3. The fraction of sp³-hybridized carbons (Fsp3) is 0.333. The molecule has 4 nitrogen and oxygen atoms in total. The van der Waals surface area contributed by atoms with Crippen molar-refractivity contribution >= 4 is 11.5 Å². The Bertz CT molecular complexity index is 382. The van der Waals surface area contributed by atoms with Crippen LogP contribution < -0.4 is 4.68 Å². The van der Waals surface area contributed by atoms with Crippen molar-refractivity contribution in [1.29, 1.82) is 0 Å². The molecule has 0 saturated heterocycles. The van der Waals surface area contributed by atoms with E-state index in [0.717, 1.165) is 23.5 Å². The molecule has 14 heavy (non-hydrogen) atoms. The van der Waals surface area contributed by atoms with Crippen LogP contribution in [-0.2, 0) is 6.54 Å². The first kappa shape index (κ1) is 9.21. The Morgan fingerprint density at radius 3 is 3.00 bits per heavy atom. The second kappa shape index (κ2) is 4.23. The van der Waals surface area contributed by atoms with Gasteiger partial charge in [0.1, 0.15) is 17.5 Å². The molecule has 2 heterocycles. The van der Waals surface area contributed by atoms with Gasteiger partial charge in [-0.25, -0.2) is 4.98 Å². The summed E-state index contributed by atoms with van der Waals surface area (Å²) < 4.78 is 5.87. The summed E-state index contributed by atoms with van der Waals surface area (Å²) in [6.07, 6.45) is 6.46. The molecule has 0 spiro atoms. The van der Waals surface area contributed by atoms with Gasteiger partial charge >= 0.3 is 0 Å². The van der Waals surface area contributed by atoms with Crippen molar-refractivity contribution in [1.82, 2.24) is 14.5 Å². The standard InChI is InChI=1S/C9H11N4S/c1-2-4-13-5-3-8(6-11-13)9-10-7-12-14-9/h3,5-7H,2,4H2,1H3/q+1. The van der Waals surface area contributed by atoms with E-state index >= 15 is 0 Å². The van der Waals surface area contributed by atoms with Gasteiger partial charge in [-0.2, -0.15) is 4.37 Å². The van der Waals surface area contributed by atoms with Crippen molar-refractivity contribution in [3.63, 3.8) is 0 Å². The molecular formula is C9H11N4S+. The predicted octanol–water partition coefficient (Wildman–Crippen LogP) is 1.30. The number of hydrogen-bond donors (Lipinski definition) is 0. The molecule has 2 aromatic heterocycles. The fourth-order valence-electron chi connectivity index (χ4n) is 1.17. The lowest BCUT2D eigenvalue weighted by Crippen LogP contribution is -2.36. The van der Waals surface area contributed by atoms with Gasteiger partial charge in [0.15, 0.2) is 12.7 Å². The van der Waals surface area contributed by atoms with E-state index in [9.17, 15) is 0 Å². The van der Waals surface area contributed by atoms with Crippen molar-refractivity contribution in [3.8, 4) is 10.6 Å². The van der Waals surface area contributed by atoms with E-state index in [0.29, 0.717) is 0 Å². The van der Waals surface area contributed by atoms with Crippen LogP contribution in [0, 0.1) is 0 Å². The zero-order valence-electron chi connectivity index (χ0n) is 7.92. The van der Waals surface area contributed by atoms with Crippen LogP contribution in [0.5, 0.6) is 0 Å². The van der Waals surface area contributed by atoms with Gasteiger partial charge in [0, 0.05) is 18.1 Å². The first-order valence-electron chi connectivity index (χ1n) is 4.53. The first-order chi connectivity index (χ1) is 6.90. The van der Waals surface area contributed by atoms with Crippen molar-refractivity contribution < 1.29 is 4.68 Å². The fourth-order valence-corrected chi connectivity index (χ4v) is 1.69. The smallest absolute Gasteiger partial charge is 0.197 e. The lowest BCUT2D eigenvalue weighted by atomic mass is 10.3. The van der Waals surface area contributed by atoms with E-state index < -0.39 is 0 Å². The maximum Gasteiger partial charge on any atom is 0.197 e. The average Bonchev–Trinajstić information content (AvgIpc) is 2.72. The molecule has 0 aliphatic rings. The van der Waals surface area contributed by atoms with Crippen molar-refractivity contribution in [2.45, 2.75) is 19.9 Å². The topological polar surface area (TPSA) is 42.5 Å². The number of aromatic nitrogens is 4. The summed E-state index contributed by atoms with van der Waals surface area (Å²) >= 11 is 1.38. The van der Waals surface area contributed by atoms with E-state index in [4.69, 9.17) is 0 Å². The largest absolute Gasteiger partial charge is 0.223 e. The Morgan fingerprint density at radius 1 is 1.50 bits per heavy atom. The maximum atomic E-state index is 4.28. The van der Waals surface area contributed by atoms with Crippen LogP contribution in [0.4, 0.5) is 0 Å². The summed E-state index contributed by atoms with van der Waals surface area (Å²) in [6, 6.07) is 2.02. The summed E-state index contributed by atoms with van der Waals surface area (Å²) in [5.74, 6) is 0. The van der Waals surface area contributed by atoms with Crippen LogP contribution in [0.15, 0.2) is 24.8 Å². The molecule has 0 unspecified atom stereocenters. The van der Waals surface area contributed by atoms with Gasteiger partial charge in [-0.15, -0.1) is 0 Å². The molecular weight excluding hydrogens is 196 g/mol. The van der Waals surface area contributed by atoms with E-state index in [1.54, 1.807) is 6.33 Å². The molecule has 0 radical (unpaired) electrons. The first-order valence-corrected chi connectivity index (χ1v) is 5.30.